The SMILES string of the molecule is C=C(/C=C\C(=NC)c1cc(F)c(-c2cn[nH]c(=O)c2)cc1C)NC. The summed E-state index contributed by atoms with van der Waals surface area (Å²) in [5.41, 5.74) is 3.26. The summed E-state index contributed by atoms with van der Waals surface area (Å²) in [4.78, 5) is 15.6. The molecule has 1 heterocycles. The molecule has 0 radical (unpaired) electrons. The van der Waals surface area contributed by atoms with Crippen molar-refractivity contribution in [1.82, 2.24) is 15.5 Å². The van der Waals surface area contributed by atoms with Crippen LogP contribution in [0.4, 0.5) is 4.39 Å². The van der Waals surface area contributed by atoms with E-state index in [2.05, 4.69) is 27.1 Å². The van der Waals surface area contributed by atoms with Gasteiger partial charge in [-0.05, 0) is 36.8 Å². The standard InChI is InChI=1S/C18H19FN4O/c1-11-7-15(13-8-18(24)23-22-10-13)16(19)9-14(11)17(21-4)6-5-12(2)20-3/h5-10,20H,2H2,1,3-4H3,(H,23,24)/b6-5-,21-17?. The number of halogens is 1. The lowest BCUT2D eigenvalue weighted by Crippen LogP contribution is -2.07. The highest BCUT2D eigenvalue weighted by Crippen LogP contribution is 2.25. The molecule has 124 valence electrons. The van der Waals surface area contributed by atoms with Crippen LogP contribution in [0.2, 0.25) is 0 Å². The molecule has 0 aliphatic heterocycles. The van der Waals surface area contributed by atoms with Crippen molar-refractivity contribution in [2.24, 2.45) is 4.99 Å². The molecular formula is C18H19FN4O. The molecule has 2 rings (SSSR count). The van der Waals surface area contributed by atoms with Gasteiger partial charge < -0.3 is 5.32 Å². The molecule has 0 aliphatic carbocycles. The van der Waals surface area contributed by atoms with Crippen LogP contribution < -0.4 is 10.9 Å². The number of likely N-dealkylation sites (N-methyl/N-ethyl adjacent to an activating group) is 1. The maximum Gasteiger partial charge on any atom is 0.264 e. The number of aromatic amines is 1. The molecule has 0 spiro atoms. The number of allylic oxidation sites excluding steroid dienone is 2. The van der Waals surface area contributed by atoms with Gasteiger partial charge >= 0.3 is 0 Å². The molecule has 1 aromatic carbocycles. The average Bonchev–Trinajstić information content (AvgIpc) is 2.57. The first-order valence-corrected chi connectivity index (χ1v) is 7.33. The molecule has 2 aromatic rings. The van der Waals surface area contributed by atoms with Crippen molar-refractivity contribution < 1.29 is 4.39 Å². The van der Waals surface area contributed by atoms with Crippen LogP contribution in [0.3, 0.4) is 0 Å². The number of aryl methyl sites for hydroxylation is 1. The van der Waals surface area contributed by atoms with Gasteiger partial charge in [0, 0.05) is 42.5 Å². The van der Waals surface area contributed by atoms with Crippen LogP contribution >= 0.6 is 0 Å². The van der Waals surface area contributed by atoms with Crippen molar-refractivity contribution >= 4 is 5.71 Å². The van der Waals surface area contributed by atoms with Gasteiger partial charge in [-0.1, -0.05) is 6.58 Å². The number of hydrogen-bond acceptors (Lipinski definition) is 4. The van der Waals surface area contributed by atoms with E-state index in [1.54, 1.807) is 32.3 Å². The largest absolute Gasteiger partial charge is 0.389 e. The number of benzene rings is 1. The van der Waals surface area contributed by atoms with Gasteiger partial charge in [0.2, 0.25) is 0 Å². The Labute approximate surface area is 139 Å². The van der Waals surface area contributed by atoms with Crippen molar-refractivity contribution in [2.45, 2.75) is 6.92 Å². The van der Waals surface area contributed by atoms with E-state index in [0.29, 0.717) is 22.4 Å². The van der Waals surface area contributed by atoms with E-state index in [1.807, 2.05) is 6.92 Å². The third-order valence-electron chi connectivity index (χ3n) is 3.57. The van der Waals surface area contributed by atoms with E-state index in [-0.39, 0.29) is 5.56 Å². The maximum atomic E-state index is 14.6. The van der Waals surface area contributed by atoms with E-state index < -0.39 is 5.82 Å². The molecule has 2 N–H and O–H groups in total. The van der Waals surface area contributed by atoms with Gasteiger partial charge in [0.15, 0.2) is 0 Å². The number of nitrogens with zero attached hydrogens (tertiary/aromatic N) is 2. The summed E-state index contributed by atoms with van der Waals surface area (Å²) in [6, 6.07) is 4.42. The van der Waals surface area contributed by atoms with E-state index in [0.717, 1.165) is 11.3 Å². The smallest absolute Gasteiger partial charge is 0.264 e. The molecule has 24 heavy (non-hydrogen) atoms. The highest BCUT2D eigenvalue weighted by atomic mass is 19.1. The number of nitrogens with one attached hydrogen (secondary N) is 2. The second-order valence-electron chi connectivity index (χ2n) is 5.20. The third-order valence-corrected chi connectivity index (χ3v) is 3.57. The zero-order valence-corrected chi connectivity index (χ0v) is 13.9. The summed E-state index contributed by atoms with van der Waals surface area (Å²) in [5, 5.41) is 8.89. The predicted octanol–water partition coefficient (Wildman–Crippen LogP) is 2.59. The molecule has 0 atom stereocenters. The normalized spacial score (nSPS) is 11.8. The molecule has 0 bridgehead atoms. The molecule has 5 nitrogen and oxygen atoms in total. The van der Waals surface area contributed by atoms with Crippen LogP contribution in [0, 0.1) is 12.7 Å². The van der Waals surface area contributed by atoms with Gasteiger partial charge in [-0.2, -0.15) is 5.10 Å². The van der Waals surface area contributed by atoms with Crippen LogP contribution in [-0.2, 0) is 0 Å². The van der Waals surface area contributed by atoms with Crippen molar-refractivity contribution in [1.29, 1.82) is 0 Å². The zero-order chi connectivity index (χ0) is 17.7. The van der Waals surface area contributed by atoms with Crippen LogP contribution in [0.5, 0.6) is 0 Å². The Morgan fingerprint density at radius 3 is 2.75 bits per heavy atom. The van der Waals surface area contributed by atoms with Gasteiger partial charge in [-0.15, -0.1) is 0 Å². The van der Waals surface area contributed by atoms with E-state index >= 15 is 0 Å². The fourth-order valence-corrected chi connectivity index (χ4v) is 2.25. The average molecular weight is 326 g/mol. The van der Waals surface area contributed by atoms with Crippen LogP contribution in [0.1, 0.15) is 11.1 Å². The summed E-state index contributed by atoms with van der Waals surface area (Å²) >= 11 is 0. The van der Waals surface area contributed by atoms with Gasteiger partial charge in [0.25, 0.3) is 5.56 Å². The van der Waals surface area contributed by atoms with Gasteiger partial charge in [0.1, 0.15) is 5.82 Å². The first kappa shape index (κ1) is 17.3. The number of aliphatic imine (C=N–C) groups is 1. The van der Waals surface area contributed by atoms with E-state index in [4.69, 9.17) is 0 Å². The molecule has 0 fully saturated rings. The molecule has 0 amide bonds. The summed E-state index contributed by atoms with van der Waals surface area (Å²) in [7, 11) is 3.42. The second-order valence-corrected chi connectivity index (χ2v) is 5.20. The summed E-state index contributed by atoms with van der Waals surface area (Å²) in [5.74, 6) is -0.440. The van der Waals surface area contributed by atoms with E-state index in [1.165, 1.54) is 18.3 Å². The lowest BCUT2D eigenvalue weighted by atomic mass is 9.97. The van der Waals surface area contributed by atoms with E-state index in [9.17, 15) is 9.18 Å². The first-order valence-electron chi connectivity index (χ1n) is 7.33. The predicted molar refractivity (Wildman–Crippen MR) is 94.8 cm³/mol. The Kier molecular flexibility index (Phi) is 5.42. The van der Waals surface area contributed by atoms with Crippen molar-refractivity contribution in [3.05, 3.63) is 76.1 Å². The fraction of sp³-hybridized carbons (Fsp3) is 0.167. The van der Waals surface area contributed by atoms with Crippen LogP contribution in [0.25, 0.3) is 11.1 Å². The Balaban J connectivity index is 2.48. The Hall–Kier alpha value is -3.02. The highest BCUT2D eigenvalue weighted by Gasteiger charge is 2.12. The summed E-state index contributed by atoms with van der Waals surface area (Å²) < 4.78 is 14.6. The molecular weight excluding hydrogens is 307 g/mol. The number of hydrogen-bond donors (Lipinski definition) is 2. The number of aromatic nitrogens is 2. The second kappa shape index (κ2) is 7.50. The van der Waals surface area contributed by atoms with Gasteiger partial charge in [0.05, 0.1) is 11.9 Å². The molecule has 0 saturated carbocycles. The Morgan fingerprint density at radius 2 is 2.12 bits per heavy atom. The zero-order valence-electron chi connectivity index (χ0n) is 13.9. The van der Waals surface area contributed by atoms with Gasteiger partial charge in [-0.3, -0.25) is 9.79 Å². The molecule has 1 aromatic heterocycles. The molecule has 0 aliphatic rings. The fourth-order valence-electron chi connectivity index (χ4n) is 2.25. The maximum absolute atomic E-state index is 14.6. The van der Waals surface area contributed by atoms with Crippen LogP contribution in [0.15, 0.2) is 58.6 Å². The minimum Gasteiger partial charge on any atom is -0.389 e. The van der Waals surface area contributed by atoms with Crippen molar-refractivity contribution in [2.75, 3.05) is 14.1 Å². The topological polar surface area (TPSA) is 70.1 Å². The van der Waals surface area contributed by atoms with Crippen molar-refractivity contribution in [3.8, 4) is 11.1 Å². The molecule has 0 saturated heterocycles. The highest BCUT2D eigenvalue weighted by molar-refractivity contribution is 6.10. The molecule has 0 unspecified atom stereocenters. The Morgan fingerprint density at radius 1 is 1.38 bits per heavy atom. The quantitative estimate of drug-likeness (QED) is 0.655. The van der Waals surface area contributed by atoms with Gasteiger partial charge in [-0.25, -0.2) is 9.49 Å². The first-order chi connectivity index (χ1) is 11.5. The van der Waals surface area contributed by atoms with Crippen LogP contribution in [-0.4, -0.2) is 30.0 Å². The number of H-pyrrole nitrogens is 1. The molecule has 6 heteroatoms. The lowest BCUT2D eigenvalue weighted by molar-refractivity contribution is 0.630. The third kappa shape index (κ3) is 3.84. The minimum atomic E-state index is -0.440. The monoisotopic (exact) mass is 326 g/mol. The summed E-state index contributed by atoms with van der Waals surface area (Å²) in [6.45, 7) is 5.67. The lowest BCUT2D eigenvalue weighted by Gasteiger charge is -2.10. The number of rotatable bonds is 5. The Bertz CT molecular complexity index is 881. The summed E-state index contributed by atoms with van der Waals surface area (Å²) in [6.07, 6.45) is 4.97. The minimum absolute atomic E-state index is 0.328. The van der Waals surface area contributed by atoms with Crippen molar-refractivity contribution in [3.63, 3.8) is 0 Å².